The van der Waals surface area contributed by atoms with Gasteiger partial charge in [-0.1, -0.05) is 52.4 Å². The third kappa shape index (κ3) is 4.61. The molecule has 0 aromatic carbocycles. The van der Waals surface area contributed by atoms with E-state index in [1.165, 1.54) is 83.5 Å². The molecule has 0 aliphatic heterocycles. The second kappa shape index (κ2) is 8.92. The monoisotopic (exact) mass is 343 g/mol. The zero-order valence-electron chi connectivity index (χ0n) is 16.9. The summed E-state index contributed by atoms with van der Waals surface area (Å²) >= 11 is 0. The highest BCUT2D eigenvalue weighted by molar-refractivity contribution is 5.02. The highest BCUT2D eigenvalue weighted by Crippen LogP contribution is 2.49. The van der Waals surface area contributed by atoms with E-state index in [1.807, 2.05) is 0 Å². The van der Waals surface area contributed by atoms with Crippen molar-refractivity contribution in [1.82, 2.24) is 0 Å². The largest absolute Gasteiger partial charge is 0.198 e. The van der Waals surface area contributed by atoms with E-state index >= 15 is 0 Å². The predicted octanol–water partition coefficient (Wildman–Crippen LogP) is 7.51. The van der Waals surface area contributed by atoms with E-state index in [1.54, 1.807) is 0 Å². The minimum atomic E-state index is 0.0252. The van der Waals surface area contributed by atoms with Crippen LogP contribution < -0.4 is 0 Å². The lowest BCUT2D eigenvalue weighted by atomic mass is 9.61. The van der Waals surface area contributed by atoms with Crippen molar-refractivity contribution in [3.8, 4) is 6.07 Å². The molecule has 0 aromatic rings. The molecule has 3 saturated carbocycles. The molecule has 0 amide bonds. The van der Waals surface area contributed by atoms with Gasteiger partial charge in [-0.15, -0.1) is 0 Å². The zero-order valence-corrected chi connectivity index (χ0v) is 16.9. The van der Waals surface area contributed by atoms with Gasteiger partial charge in [0.1, 0.15) is 0 Å². The maximum atomic E-state index is 9.68. The van der Waals surface area contributed by atoms with Crippen LogP contribution in [0.25, 0.3) is 0 Å². The predicted molar refractivity (Wildman–Crippen MR) is 106 cm³/mol. The van der Waals surface area contributed by atoms with E-state index in [4.69, 9.17) is 0 Å². The lowest BCUT2D eigenvalue weighted by Crippen LogP contribution is -2.33. The van der Waals surface area contributed by atoms with Crippen molar-refractivity contribution in [1.29, 1.82) is 5.26 Å². The number of nitriles is 1. The maximum Gasteiger partial charge on any atom is 0.0689 e. The van der Waals surface area contributed by atoms with Crippen LogP contribution >= 0.6 is 0 Å². The van der Waals surface area contributed by atoms with Crippen LogP contribution in [0.15, 0.2) is 0 Å². The van der Waals surface area contributed by atoms with E-state index in [2.05, 4.69) is 19.9 Å². The van der Waals surface area contributed by atoms with Gasteiger partial charge in [0.15, 0.2) is 0 Å². The van der Waals surface area contributed by atoms with Gasteiger partial charge in [0.25, 0.3) is 0 Å². The van der Waals surface area contributed by atoms with E-state index in [9.17, 15) is 5.26 Å². The number of hydrogen-bond donors (Lipinski definition) is 0. The highest BCUT2D eigenvalue weighted by Gasteiger charge is 2.40. The molecular formula is C24H41N. The summed E-state index contributed by atoms with van der Waals surface area (Å²) in [6.45, 7) is 4.58. The summed E-state index contributed by atoms with van der Waals surface area (Å²) in [5, 5.41) is 9.68. The highest BCUT2D eigenvalue weighted by atomic mass is 14.5. The summed E-state index contributed by atoms with van der Waals surface area (Å²) < 4.78 is 0. The van der Waals surface area contributed by atoms with Crippen LogP contribution in [0.2, 0.25) is 0 Å². The summed E-state index contributed by atoms with van der Waals surface area (Å²) in [6, 6.07) is 2.71. The van der Waals surface area contributed by atoms with Gasteiger partial charge < -0.3 is 0 Å². The Balaban J connectivity index is 1.45. The van der Waals surface area contributed by atoms with E-state index in [0.717, 1.165) is 42.4 Å². The third-order valence-electron chi connectivity index (χ3n) is 8.54. The van der Waals surface area contributed by atoms with Crippen molar-refractivity contribution in [2.75, 3.05) is 0 Å². The summed E-state index contributed by atoms with van der Waals surface area (Å²) in [4.78, 5) is 0. The van der Waals surface area contributed by atoms with Crippen molar-refractivity contribution < 1.29 is 0 Å². The number of nitrogens with zero attached hydrogens (tertiary/aromatic N) is 1. The molecule has 0 N–H and O–H groups in total. The van der Waals surface area contributed by atoms with Gasteiger partial charge in [0.05, 0.1) is 11.5 Å². The molecule has 0 radical (unpaired) electrons. The second-order valence-corrected chi connectivity index (χ2v) is 9.85. The van der Waals surface area contributed by atoms with E-state index in [0.29, 0.717) is 0 Å². The van der Waals surface area contributed by atoms with Crippen LogP contribution in [0.4, 0.5) is 0 Å². The Morgan fingerprint density at radius 1 is 0.800 bits per heavy atom. The molecule has 2 unspecified atom stereocenters. The molecule has 3 rings (SSSR count). The molecule has 0 spiro atoms. The molecular weight excluding hydrogens is 302 g/mol. The second-order valence-electron chi connectivity index (χ2n) is 9.85. The molecule has 0 aromatic heterocycles. The SMILES string of the molecule is CCC[C@H]1CC[C@H]([C@H]2CC[C@H](C3CCCC(C#N)(CC)C3)CC2)CC1. The van der Waals surface area contributed by atoms with Crippen LogP contribution in [-0.2, 0) is 0 Å². The van der Waals surface area contributed by atoms with Gasteiger partial charge in [-0.2, -0.15) is 5.26 Å². The Morgan fingerprint density at radius 3 is 1.88 bits per heavy atom. The first-order chi connectivity index (χ1) is 12.2. The lowest BCUT2D eigenvalue weighted by molar-refractivity contribution is 0.0839. The van der Waals surface area contributed by atoms with E-state index < -0.39 is 0 Å². The molecule has 3 fully saturated rings. The summed E-state index contributed by atoms with van der Waals surface area (Å²) in [7, 11) is 0. The van der Waals surface area contributed by atoms with Crippen LogP contribution in [0.1, 0.15) is 110 Å². The molecule has 0 bridgehead atoms. The number of rotatable bonds is 5. The number of hydrogen-bond acceptors (Lipinski definition) is 1. The third-order valence-corrected chi connectivity index (χ3v) is 8.54. The fraction of sp³-hybridized carbons (Fsp3) is 0.958. The van der Waals surface area contributed by atoms with Gasteiger partial charge >= 0.3 is 0 Å². The van der Waals surface area contributed by atoms with Gasteiger partial charge in [-0.05, 0) is 87.4 Å². The van der Waals surface area contributed by atoms with Gasteiger partial charge in [0.2, 0.25) is 0 Å². The van der Waals surface area contributed by atoms with Crippen LogP contribution in [0, 0.1) is 46.3 Å². The van der Waals surface area contributed by atoms with Crippen LogP contribution in [-0.4, -0.2) is 0 Å². The zero-order chi connectivity index (χ0) is 17.7. The fourth-order valence-corrected chi connectivity index (χ4v) is 6.76. The Hall–Kier alpha value is -0.510. The first-order valence-corrected chi connectivity index (χ1v) is 11.6. The maximum absolute atomic E-state index is 9.68. The summed E-state index contributed by atoms with van der Waals surface area (Å²) in [5.41, 5.74) is 0.0252. The molecule has 0 heterocycles. The normalized spacial score (nSPS) is 42.7. The average molecular weight is 344 g/mol. The van der Waals surface area contributed by atoms with Crippen molar-refractivity contribution in [3.63, 3.8) is 0 Å². The molecule has 0 saturated heterocycles. The minimum Gasteiger partial charge on any atom is -0.198 e. The molecule has 1 heteroatoms. The van der Waals surface area contributed by atoms with Crippen LogP contribution in [0.5, 0.6) is 0 Å². The van der Waals surface area contributed by atoms with Gasteiger partial charge in [-0.25, -0.2) is 0 Å². The molecule has 3 aliphatic carbocycles. The molecule has 2 atom stereocenters. The van der Waals surface area contributed by atoms with Crippen molar-refractivity contribution >= 4 is 0 Å². The van der Waals surface area contributed by atoms with Crippen LogP contribution in [0.3, 0.4) is 0 Å². The van der Waals surface area contributed by atoms with E-state index in [-0.39, 0.29) is 5.41 Å². The van der Waals surface area contributed by atoms with Crippen molar-refractivity contribution in [3.05, 3.63) is 0 Å². The Bertz CT molecular complexity index is 434. The van der Waals surface area contributed by atoms with Gasteiger partial charge in [-0.3, -0.25) is 0 Å². The van der Waals surface area contributed by atoms with Crippen molar-refractivity contribution in [2.24, 2.45) is 35.0 Å². The average Bonchev–Trinajstić information content (AvgIpc) is 2.69. The minimum absolute atomic E-state index is 0.0252. The molecule has 3 aliphatic rings. The molecule has 25 heavy (non-hydrogen) atoms. The fourth-order valence-electron chi connectivity index (χ4n) is 6.76. The summed E-state index contributed by atoms with van der Waals surface area (Å²) in [6.07, 6.45) is 21.0. The Labute approximate surface area is 157 Å². The Kier molecular flexibility index (Phi) is 6.87. The standard InChI is InChI=1S/C24H41N/c1-3-6-19-8-10-20(11-9-19)21-12-14-22(15-13-21)23-7-5-16-24(4-2,17-23)18-25/h19-23H,3-17H2,1-2H3/t19-,20-,21-,22-,23?,24?. The summed E-state index contributed by atoms with van der Waals surface area (Å²) in [5.74, 6) is 4.93. The van der Waals surface area contributed by atoms with Crippen molar-refractivity contribution in [2.45, 2.75) is 110 Å². The molecule has 142 valence electrons. The first-order valence-electron chi connectivity index (χ1n) is 11.6. The lowest BCUT2D eigenvalue weighted by Gasteiger charge is -2.43. The topological polar surface area (TPSA) is 23.8 Å². The smallest absolute Gasteiger partial charge is 0.0689 e. The molecule has 1 nitrogen and oxygen atoms in total. The van der Waals surface area contributed by atoms with Gasteiger partial charge in [0, 0.05) is 0 Å². The first kappa shape index (κ1) is 19.3. The quantitative estimate of drug-likeness (QED) is 0.506. The Morgan fingerprint density at radius 2 is 1.36 bits per heavy atom.